The van der Waals surface area contributed by atoms with Crippen LogP contribution in [0.3, 0.4) is 0 Å². The Labute approximate surface area is 86.9 Å². The number of aromatic nitrogens is 2. The Morgan fingerprint density at radius 3 is 2.73 bits per heavy atom. The summed E-state index contributed by atoms with van der Waals surface area (Å²) in [5.74, 6) is 0.200. The molecule has 0 radical (unpaired) electrons. The minimum absolute atomic E-state index is 0.200. The van der Waals surface area contributed by atoms with Crippen molar-refractivity contribution in [3.8, 4) is 0 Å². The van der Waals surface area contributed by atoms with Gasteiger partial charge in [0, 0.05) is 7.05 Å². The fraction of sp³-hybridized carbons (Fsp3) is 0.125. The zero-order valence-corrected chi connectivity index (χ0v) is 8.80. The van der Waals surface area contributed by atoms with Gasteiger partial charge in [-0.25, -0.2) is 14.4 Å². The van der Waals surface area contributed by atoms with Crippen molar-refractivity contribution in [3.05, 3.63) is 24.3 Å². The van der Waals surface area contributed by atoms with Crippen molar-refractivity contribution in [2.75, 3.05) is 11.8 Å². The predicted molar refractivity (Wildman–Crippen MR) is 57.7 cm³/mol. The largest absolute Gasteiger partial charge is 0.323 e. The maximum atomic E-state index is 11.2. The van der Waals surface area contributed by atoms with Crippen LogP contribution in [-0.2, 0) is 10.2 Å². The first kappa shape index (κ1) is 9.94. The molecule has 2 aromatic rings. The average molecular weight is 226 g/mol. The molecule has 1 aromatic carbocycles. The van der Waals surface area contributed by atoms with Crippen LogP contribution >= 0.6 is 0 Å². The maximum Gasteiger partial charge on any atom is 0.301 e. The Kier molecular flexibility index (Phi) is 2.33. The number of anilines is 1. The third-order valence-electron chi connectivity index (χ3n) is 1.89. The van der Waals surface area contributed by atoms with Crippen LogP contribution in [0, 0.1) is 0 Å². The van der Waals surface area contributed by atoms with Crippen molar-refractivity contribution in [2.45, 2.75) is 0 Å². The number of imidazole rings is 1. The number of rotatable bonds is 3. The molecule has 0 aliphatic rings. The lowest BCUT2D eigenvalue weighted by molar-refractivity contribution is 0.593. The van der Waals surface area contributed by atoms with Gasteiger partial charge in [-0.2, -0.15) is 8.42 Å². The van der Waals surface area contributed by atoms with Crippen LogP contribution in [0.5, 0.6) is 0 Å². The fourth-order valence-corrected chi connectivity index (χ4v) is 1.63. The van der Waals surface area contributed by atoms with Crippen molar-refractivity contribution in [2.24, 2.45) is 0 Å². The predicted octanol–water partition coefficient (Wildman–Crippen LogP) is 0.439. The van der Waals surface area contributed by atoms with E-state index in [4.69, 9.17) is 0 Å². The molecule has 15 heavy (non-hydrogen) atoms. The van der Waals surface area contributed by atoms with E-state index in [0.717, 1.165) is 5.52 Å². The molecular formula is C8H10N4O2S. The highest BCUT2D eigenvalue weighted by molar-refractivity contribution is 7.90. The van der Waals surface area contributed by atoms with Crippen LogP contribution in [-0.4, -0.2) is 25.4 Å². The number of hydrogen-bond acceptors (Lipinski definition) is 3. The van der Waals surface area contributed by atoms with Crippen molar-refractivity contribution < 1.29 is 8.42 Å². The molecule has 0 fully saturated rings. The minimum Gasteiger partial charge on any atom is -0.323 e. The van der Waals surface area contributed by atoms with Crippen LogP contribution in [0.4, 0.5) is 5.95 Å². The van der Waals surface area contributed by atoms with Crippen LogP contribution < -0.4 is 9.44 Å². The van der Waals surface area contributed by atoms with E-state index in [2.05, 4.69) is 19.4 Å². The molecule has 0 aliphatic heterocycles. The van der Waals surface area contributed by atoms with Crippen molar-refractivity contribution in [3.63, 3.8) is 0 Å². The van der Waals surface area contributed by atoms with E-state index in [1.807, 2.05) is 18.2 Å². The van der Waals surface area contributed by atoms with E-state index in [9.17, 15) is 8.42 Å². The molecule has 1 heterocycles. The molecule has 0 bridgehead atoms. The van der Waals surface area contributed by atoms with E-state index in [-0.39, 0.29) is 5.95 Å². The first-order valence-corrected chi connectivity index (χ1v) is 5.75. The summed E-state index contributed by atoms with van der Waals surface area (Å²) in [7, 11) is -2.19. The van der Waals surface area contributed by atoms with E-state index >= 15 is 0 Å². The van der Waals surface area contributed by atoms with Gasteiger partial charge in [0.05, 0.1) is 11.0 Å². The summed E-state index contributed by atoms with van der Waals surface area (Å²) in [6.07, 6.45) is 0. The molecule has 2 rings (SSSR count). The monoisotopic (exact) mass is 226 g/mol. The van der Waals surface area contributed by atoms with Crippen molar-refractivity contribution in [1.29, 1.82) is 0 Å². The van der Waals surface area contributed by atoms with Crippen molar-refractivity contribution >= 4 is 27.2 Å². The standard InChI is InChI=1S/C8H10N4O2S/c1-9-15(13,14)12-8-10-6-4-2-3-5-7(6)11-8/h2-5,9H,1H3,(H2,10,11,12). The second-order valence-corrected chi connectivity index (χ2v) is 4.53. The van der Waals surface area contributed by atoms with Gasteiger partial charge in [-0.15, -0.1) is 0 Å². The molecule has 0 saturated carbocycles. The van der Waals surface area contributed by atoms with E-state index in [1.54, 1.807) is 6.07 Å². The SMILES string of the molecule is CNS(=O)(=O)Nc1nc2ccccc2[nH]1. The number of fused-ring (bicyclic) bond motifs is 1. The molecular weight excluding hydrogens is 216 g/mol. The van der Waals surface area contributed by atoms with Crippen LogP contribution in [0.25, 0.3) is 11.0 Å². The molecule has 3 N–H and O–H groups in total. The lowest BCUT2D eigenvalue weighted by Gasteiger charge is -2.01. The van der Waals surface area contributed by atoms with Crippen LogP contribution in [0.2, 0.25) is 0 Å². The van der Waals surface area contributed by atoms with Gasteiger partial charge < -0.3 is 4.98 Å². The van der Waals surface area contributed by atoms with Gasteiger partial charge in [0.2, 0.25) is 5.95 Å². The smallest absolute Gasteiger partial charge is 0.301 e. The van der Waals surface area contributed by atoms with Gasteiger partial charge in [-0.05, 0) is 12.1 Å². The third-order valence-corrected chi connectivity index (χ3v) is 2.89. The van der Waals surface area contributed by atoms with Gasteiger partial charge >= 0.3 is 10.2 Å². The van der Waals surface area contributed by atoms with E-state index in [0.29, 0.717) is 5.52 Å². The molecule has 0 amide bonds. The highest BCUT2D eigenvalue weighted by Crippen LogP contribution is 2.13. The average Bonchev–Trinajstić information content (AvgIpc) is 2.58. The molecule has 0 saturated heterocycles. The van der Waals surface area contributed by atoms with Gasteiger partial charge in [-0.1, -0.05) is 12.1 Å². The first-order chi connectivity index (χ1) is 7.11. The summed E-state index contributed by atoms with van der Waals surface area (Å²) < 4.78 is 26.7. The third kappa shape index (κ3) is 2.08. The van der Waals surface area contributed by atoms with Gasteiger partial charge in [-0.3, -0.25) is 0 Å². The second kappa shape index (κ2) is 3.52. The topological polar surface area (TPSA) is 86.9 Å². The summed E-state index contributed by atoms with van der Waals surface area (Å²) in [6.45, 7) is 0. The maximum absolute atomic E-state index is 11.2. The summed E-state index contributed by atoms with van der Waals surface area (Å²) in [5, 5.41) is 0. The van der Waals surface area contributed by atoms with Crippen molar-refractivity contribution in [1.82, 2.24) is 14.7 Å². The van der Waals surface area contributed by atoms with Crippen LogP contribution in [0.1, 0.15) is 0 Å². The summed E-state index contributed by atoms with van der Waals surface area (Å²) in [6, 6.07) is 7.29. The number of aromatic amines is 1. The summed E-state index contributed by atoms with van der Waals surface area (Å²) in [4.78, 5) is 6.90. The molecule has 0 aliphatic carbocycles. The highest BCUT2D eigenvalue weighted by atomic mass is 32.2. The molecule has 80 valence electrons. The minimum atomic E-state index is -3.51. The highest BCUT2D eigenvalue weighted by Gasteiger charge is 2.09. The first-order valence-electron chi connectivity index (χ1n) is 4.27. The number of H-pyrrole nitrogens is 1. The zero-order valence-electron chi connectivity index (χ0n) is 7.98. The lowest BCUT2D eigenvalue weighted by Crippen LogP contribution is -2.26. The quantitative estimate of drug-likeness (QED) is 0.709. The number of nitrogens with zero attached hydrogens (tertiary/aromatic N) is 1. The Morgan fingerprint density at radius 1 is 1.33 bits per heavy atom. The van der Waals surface area contributed by atoms with Gasteiger partial charge in [0.15, 0.2) is 0 Å². The molecule has 0 atom stereocenters. The van der Waals surface area contributed by atoms with E-state index in [1.165, 1.54) is 7.05 Å². The number of benzene rings is 1. The number of para-hydroxylation sites is 2. The van der Waals surface area contributed by atoms with Gasteiger partial charge in [0.1, 0.15) is 0 Å². The van der Waals surface area contributed by atoms with Gasteiger partial charge in [0.25, 0.3) is 0 Å². The second-order valence-electron chi connectivity index (χ2n) is 2.91. The molecule has 0 unspecified atom stereocenters. The number of nitrogens with one attached hydrogen (secondary N) is 3. The Hall–Kier alpha value is -1.60. The molecule has 7 heteroatoms. The Balaban J connectivity index is 2.38. The molecule has 0 spiro atoms. The molecule has 6 nitrogen and oxygen atoms in total. The Morgan fingerprint density at radius 2 is 2.07 bits per heavy atom. The summed E-state index contributed by atoms with van der Waals surface area (Å²) >= 11 is 0. The Bertz CT molecular complexity index is 542. The molecule has 1 aromatic heterocycles. The summed E-state index contributed by atoms with van der Waals surface area (Å²) in [5.41, 5.74) is 1.50. The fourth-order valence-electron chi connectivity index (χ4n) is 1.18. The zero-order chi connectivity index (χ0) is 10.9. The lowest BCUT2D eigenvalue weighted by atomic mass is 10.3. The van der Waals surface area contributed by atoms with Crippen LogP contribution in [0.15, 0.2) is 24.3 Å². The number of hydrogen-bond donors (Lipinski definition) is 3. The van der Waals surface area contributed by atoms with E-state index < -0.39 is 10.2 Å². The normalized spacial score (nSPS) is 11.8.